The molecule has 1 N–H and O–H groups in total. The summed E-state index contributed by atoms with van der Waals surface area (Å²) < 4.78 is 0. The number of nitrogens with one attached hydrogen (secondary N) is 1. The molecule has 0 saturated heterocycles. The van der Waals surface area contributed by atoms with Crippen molar-refractivity contribution >= 4 is 21.7 Å². The minimum absolute atomic E-state index is 0.115. The topological polar surface area (TPSA) is 58.6 Å². The van der Waals surface area contributed by atoms with Crippen LogP contribution < -0.4 is 5.56 Å². The van der Waals surface area contributed by atoms with E-state index in [9.17, 15) is 4.79 Å². The quantitative estimate of drug-likeness (QED) is 0.772. The van der Waals surface area contributed by atoms with Crippen LogP contribution in [0.1, 0.15) is 29.6 Å². The number of aromatic nitrogens is 3. The average Bonchev–Trinajstić information content (AvgIpc) is 2.87. The lowest BCUT2D eigenvalue weighted by atomic mass is 10.4. The van der Waals surface area contributed by atoms with Crippen molar-refractivity contribution in [2.24, 2.45) is 0 Å². The molecule has 2 heterocycles. The number of aromatic amines is 1. The van der Waals surface area contributed by atoms with Crippen molar-refractivity contribution < 1.29 is 0 Å². The summed E-state index contributed by atoms with van der Waals surface area (Å²) in [6.45, 7) is 1.79. The monoisotopic (exact) mass is 207 g/mol. The first kappa shape index (κ1) is 8.11. The van der Waals surface area contributed by atoms with Crippen molar-refractivity contribution in [2.45, 2.75) is 25.7 Å². The Labute approximate surface area is 84.0 Å². The Morgan fingerprint density at radius 3 is 2.93 bits per heavy atom. The largest absolute Gasteiger partial charge is 0.309 e. The molecule has 72 valence electrons. The second-order valence-corrected chi connectivity index (χ2v) is 4.64. The van der Waals surface area contributed by atoms with Crippen LogP contribution >= 0.6 is 11.3 Å². The molecule has 0 amide bonds. The van der Waals surface area contributed by atoms with E-state index in [4.69, 9.17) is 0 Å². The molecule has 0 radical (unpaired) electrons. The fourth-order valence-corrected chi connectivity index (χ4v) is 2.62. The maximum atomic E-state index is 11.5. The zero-order chi connectivity index (χ0) is 9.71. The van der Waals surface area contributed by atoms with Crippen LogP contribution in [0.5, 0.6) is 0 Å². The van der Waals surface area contributed by atoms with Crippen LogP contribution in [-0.2, 0) is 0 Å². The van der Waals surface area contributed by atoms with E-state index >= 15 is 0 Å². The molecule has 3 rings (SSSR count). The highest BCUT2D eigenvalue weighted by Gasteiger charge is 2.27. The molecule has 14 heavy (non-hydrogen) atoms. The first-order valence-electron chi connectivity index (χ1n) is 4.61. The van der Waals surface area contributed by atoms with Crippen molar-refractivity contribution in [1.29, 1.82) is 0 Å². The van der Waals surface area contributed by atoms with Gasteiger partial charge in [0.2, 0.25) is 0 Å². The highest BCUT2D eigenvalue weighted by Crippen LogP contribution is 2.42. The molecule has 0 spiro atoms. The van der Waals surface area contributed by atoms with Crippen molar-refractivity contribution in [1.82, 2.24) is 15.0 Å². The number of H-pyrrole nitrogens is 1. The predicted octanol–water partition coefficient (Wildman–Crippen LogP) is 1.57. The lowest BCUT2D eigenvalue weighted by Crippen LogP contribution is -2.08. The number of rotatable bonds is 1. The molecule has 0 aliphatic heterocycles. The fourth-order valence-electron chi connectivity index (χ4n) is 1.46. The van der Waals surface area contributed by atoms with Gasteiger partial charge < -0.3 is 4.98 Å². The molecule has 0 bridgehead atoms. The highest BCUT2D eigenvalue weighted by atomic mass is 32.1. The van der Waals surface area contributed by atoms with Crippen LogP contribution in [0.15, 0.2) is 4.79 Å². The number of hydrogen-bond donors (Lipinski definition) is 1. The zero-order valence-corrected chi connectivity index (χ0v) is 8.52. The van der Waals surface area contributed by atoms with Crippen LogP contribution in [0.25, 0.3) is 10.3 Å². The molecular formula is C9H9N3OS. The predicted molar refractivity (Wildman–Crippen MR) is 54.7 cm³/mol. The van der Waals surface area contributed by atoms with Crippen molar-refractivity contribution in [2.75, 3.05) is 0 Å². The maximum Gasteiger partial charge on any atom is 0.278 e. The maximum absolute atomic E-state index is 11.5. The summed E-state index contributed by atoms with van der Waals surface area (Å²) in [6, 6.07) is 0. The fraction of sp³-hybridized carbons (Fsp3) is 0.444. The van der Waals surface area contributed by atoms with Gasteiger partial charge in [0.15, 0.2) is 10.3 Å². The van der Waals surface area contributed by atoms with Gasteiger partial charge in [0.05, 0.1) is 5.01 Å². The molecule has 1 aliphatic carbocycles. The number of hydrogen-bond acceptors (Lipinski definition) is 4. The third kappa shape index (κ3) is 1.16. The van der Waals surface area contributed by atoms with E-state index in [0.29, 0.717) is 17.3 Å². The third-order valence-electron chi connectivity index (χ3n) is 2.33. The van der Waals surface area contributed by atoms with Gasteiger partial charge in [-0.25, -0.2) is 9.97 Å². The van der Waals surface area contributed by atoms with Gasteiger partial charge in [0, 0.05) is 5.92 Å². The van der Waals surface area contributed by atoms with E-state index in [-0.39, 0.29) is 5.56 Å². The van der Waals surface area contributed by atoms with E-state index in [2.05, 4.69) is 15.0 Å². The van der Waals surface area contributed by atoms with Gasteiger partial charge in [-0.3, -0.25) is 4.79 Å². The van der Waals surface area contributed by atoms with Crippen LogP contribution in [0.2, 0.25) is 0 Å². The SMILES string of the molecule is Cc1nc2sc(C3CC3)nc2c(=O)[nH]1. The third-order valence-corrected chi connectivity index (χ3v) is 3.44. The lowest BCUT2D eigenvalue weighted by molar-refractivity contribution is 1.05. The van der Waals surface area contributed by atoms with Crippen molar-refractivity contribution in [3.63, 3.8) is 0 Å². The number of aryl methyl sites for hydroxylation is 1. The Hall–Kier alpha value is -1.23. The summed E-state index contributed by atoms with van der Waals surface area (Å²) in [5, 5.41) is 1.07. The zero-order valence-electron chi connectivity index (χ0n) is 7.70. The summed E-state index contributed by atoms with van der Waals surface area (Å²) in [5.41, 5.74) is 0.387. The van der Waals surface area contributed by atoms with Crippen molar-refractivity contribution in [3.05, 3.63) is 21.2 Å². The standard InChI is InChI=1S/C9H9N3OS/c1-4-10-7(13)6-9(11-4)14-8(12-6)5-2-3-5/h5H,2-3H2,1H3,(H,10,11,13). The molecule has 2 aromatic rings. The average molecular weight is 207 g/mol. The number of thiazole rings is 1. The van der Waals surface area contributed by atoms with Gasteiger partial charge >= 0.3 is 0 Å². The van der Waals surface area contributed by atoms with E-state index in [1.165, 1.54) is 12.8 Å². The van der Waals surface area contributed by atoms with Crippen LogP contribution in [0.4, 0.5) is 0 Å². The Morgan fingerprint density at radius 1 is 1.43 bits per heavy atom. The van der Waals surface area contributed by atoms with E-state index in [1.54, 1.807) is 18.3 Å². The van der Waals surface area contributed by atoms with Gasteiger partial charge in [-0.2, -0.15) is 0 Å². The molecule has 5 heteroatoms. The second-order valence-electron chi connectivity index (χ2n) is 3.63. The molecule has 4 nitrogen and oxygen atoms in total. The molecule has 1 aliphatic rings. The van der Waals surface area contributed by atoms with Gasteiger partial charge in [-0.1, -0.05) is 11.3 Å². The Balaban J connectivity index is 2.31. The first-order valence-corrected chi connectivity index (χ1v) is 5.43. The minimum Gasteiger partial charge on any atom is -0.309 e. The molecule has 0 unspecified atom stereocenters. The smallest absolute Gasteiger partial charge is 0.278 e. The molecule has 0 aromatic carbocycles. The Kier molecular flexibility index (Phi) is 1.53. The molecule has 0 atom stereocenters. The van der Waals surface area contributed by atoms with E-state index < -0.39 is 0 Å². The van der Waals surface area contributed by atoms with Gasteiger partial charge in [0.1, 0.15) is 5.82 Å². The van der Waals surface area contributed by atoms with Gasteiger partial charge in [-0.15, -0.1) is 0 Å². The summed E-state index contributed by atoms with van der Waals surface area (Å²) in [4.78, 5) is 23.5. The van der Waals surface area contributed by atoms with Crippen LogP contribution in [0.3, 0.4) is 0 Å². The van der Waals surface area contributed by atoms with E-state index in [0.717, 1.165) is 9.84 Å². The number of nitrogens with zero attached hydrogens (tertiary/aromatic N) is 2. The van der Waals surface area contributed by atoms with Crippen LogP contribution in [0, 0.1) is 6.92 Å². The highest BCUT2D eigenvalue weighted by molar-refractivity contribution is 7.18. The molecule has 1 saturated carbocycles. The second kappa shape index (κ2) is 2.63. The summed E-state index contributed by atoms with van der Waals surface area (Å²) in [7, 11) is 0. The minimum atomic E-state index is -0.115. The number of fused-ring (bicyclic) bond motifs is 1. The van der Waals surface area contributed by atoms with Crippen LogP contribution in [-0.4, -0.2) is 15.0 Å². The van der Waals surface area contributed by atoms with Crippen molar-refractivity contribution in [3.8, 4) is 0 Å². The Bertz CT molecular complexity index is 553. The van der Waals surface area contributed by atoms with E-state index in [1.807, 2.05) is 0 Å². The van der Waals surface area contributed by atoms with Gasteiger partial charge in [0.25, 0.3) is 5.56 Å². The lowest BCUT2D eigenvalue weighted by Gasteiger charge is -1.88. The summed E-state index contributed by atoms with van der Waals surface area (Å²) in [6.07, 6.45) is 2.41. The summed E-state index contributed by atoms with van der Waals surface area (Å²) >= 11 is 1.55. The molecular weight excluding hydrogens is 198 g/mol. The van der Waals surface area contributed by atoms with Gasteiger partial charge in [-0.05, 0) is 19.8 Å². The Morgan fingerprint density at radius 2 is 2.21 bits per heavy atom. The normalized spacial score (nSPS) is 16.4. The summed E-state index contributed by atoms with van der Waals surface area (Å²) in [5.74, 6) is 1.25. The molecule has 1 fully saturated rings. The first-order chi connectivity index (χ1) is 6.74. The molecule has 2 aromatic heterocycles.